The van der Waals surface area contributed by atoms with E-state index in [-0.39, 0.29) is 29.7 Å². The number of hydrogen-bond acceptors (Lipinski definition) is 7. The highest BCUT2D eigenvalue weighted by molar-refractivity contribution is 6.31. The van der Waals surface area contributed by atoms with Gasteiger partial charge < -0.3 is 14.9 Å². The van der Waals surface area contributed by atoms with Crippen LogP contribution in [-0.4, -0.2) is 67.9 Å². The fourth-order valence-electron chi connectivity index (χ4n) is 5.12. The number of unbranched alkanes of at least 4 members (excludes halogenated alkanes) is 2. The van der Waals surface area contributed by atoms with Crippen LogP contribution in [0.2, 0.25) is 5.02 Å². The van der Waals surface area contributed by atoms with Gasteiger partial charge in [0.1, 0.15) is 5.78 Å². The molecule has 0 aliphatic carbocycles. The van der Waals surface area contributed by atoms with Gasteiger partial charge in [-0.25, -0.2) is 4.98 Å². The third kappa shape index (κ3) is 6.23. The molecule has 10 heteroatoms. The van der Waals surface area contributed by atoms with Crippen LogP contribution in [0.3, 0.4) is 0 Å². The topological polar surface area (TPSA) is 120 Å². The first-order chi connectivity index (χ1) is 17.3. The molecule has 3 heterocycles. The molecule has 2 saturated heterocycles. The number of ketones is 1. The van der Waals surface area contributed by atoms with Crippen molar-refractivity contribution in [3.8, 4) is 6.19 Å². The third-order valence-corrected chi connectivity index (χ3v) is 7.63. The number of Topliss-reactive ketones (excluding diaryl/α,β-unsaturated/α-hetero) is 1. The molecule has 2 aromatic rings. The minimum atomic E-state index is -1.08. The number of nitrogens with zero attached hydrogens (tertiary/aromatic N) is 5. The number of benzene rings is 1. The summed E-state index contributed by atoms with van der Waals surface area (Å²) in [6.07, 6.45) is 8.30. The molecule has 0 bridgehead atoms. The number of piperidine rings is 1. The number of aliphatic hydroxyl groups is 1. The average Bonchev–Trinajstić information content (AvgIpc) is 3.35. The van der Waals surface area contributed by atoms with Gasteiger partial charge >= 0.3 is 0 Å². The van der Waals surface area contributed by atoms with Gasteiger partial charge in [-0.3, -0.25) is 19.0 Å². The molecule has 0 saturated carbocycles. The lowest BCUT2D eigenvalue weighted by Crippen LogP contribution is -2.49. The van der Waals surface area contributed by atoms with Crippen molar-refractivity contribution in [2.24, 2.45) is 5.92 Å². The lowest BCUT2D eigenvalue weighted by molar-refractivity contribution is -0.136. The SMILES string of the molecule is N#CN1CCC(C(=O)CCCCCC(=O)N2CCC(O)(Cn3cnc4cc(Cl)ccc4c3=O)CC2)C1. The molecule has 1 atom stereocenters. The van der Waals surface area contributed by atoms with E-state index >= 15 is 0 Å². The van der Waals surface area contributed by atoms with E-state index in [4.69, 9.17) is 16.9 Å². The summed E-state index contributed by atoms with van der Waals surface area (Å²) in [5.74, 6) is 0.252. The van der Waals surface area contributed by atoms with Gasteiger partial charge in [0.25, 0.3) is 5.56 Å². The van der Waals surface area contributed by atoms with Crippen molar-refractivity contribution in [1.29, 1.82) is 5.26 Å². The molecule has 192 valence electrons. The van der Waals surface area contributed by atoms with Crippen LogP contribution in [0.1, 0.15) is 51.4 Å². The van der Waals surface area contributed by atoms with Gasteiger partial charge in [-0.2, -0.15) is 5.26 Å². The number of hydrogen-bond donors (Lipinski definition) is 1. The van der Waals surface area contributed by atoms with Crippen molar-refractivity contribution in [3.63, 3.8) is 0 Å². The number of aromatic nitrogens is 2. The Hall–Kier alpha value is -2.96. The van der Waals surface area contributed by atoms with Crippen molar-refractivity contribution in [2.75, 3.05) is 26.2 Å². The first kappa shape index (κ1) is 26.1. The quantitative estimate of drug-likeness (QED) is 0.404. The number of likely N-dealkylation sites (tertiary alicyclic amines) is 2. The van der Waals surface area contributed by atoms with E-state index in [9.17, 15) is 19.5 Å². The van der Waals surface area contributed by atoms with Crippen molar-refractivity contribution in [3.05, 3.63) is 39.9 Å². The lowest BCUT2D eigenvalue weighted by Gasteiger charge is -2.38. The summed E-state index contributed by atoms with van der Waals surface area (Å²) in [6, 6.07) is 4.92. The Balaban J connectivity index is 1.18. The van der Waals surface area contributed by atoms with Crippen LogP contribution in [-0.2, 0) is 16.1 Å². The summed E-state index contributed by atoms with van der Waals surface area (Å²) in [5, 5.41) is 21.0. The van der Waals surface area contributed by atoms with Crippen molar-refractivity contribution in [2.45, 2.75) is 63.5 Å². The van der Waals surface area contributed by atoms with E-state index in [1.54, 1.807) is 28.0 Å². The number of halogens is 1. The molecule has 1 aromatic heterocycles. The smallest absolute Gasteiger partial charge is 0.261 e. The zero-order chi connectivity index (χ0) is 25.7. The summed E-state index contributed by atoms with van der Waals surface area (Å²) in [5.41, 5.74) is -0.786. The van der Waals surface area contributed by atoms with E-state index < -0.39 is 5.60 Å². The standard InChI is InChI=1S/C26H32ClN5O4/c27-20-6-7-21-22(14-20)29-18-32(25(21)35)16-26(36)9-12-31(13-10-26)24(34)5-3-1-2-4-23(33)19-8-11-30(15-19)17-28/h6-7,14,18-19,36H,1-5,8-13,15-16H2. The summed E-state index contributed by atoms with van der Waals surface area (Å²) >= 11 is 5.98. The Kier molecular flexibility index (Phi) is 8.27. The molecule has 1 aromatic carbocycles. The van der Waals surface area contributed by atoms with Gasteiger partial charge in [-0.05, 0) is 50.3 Å². The first-order valence-electron chi connectivity index (χ1n) is 12.6. The highest BCUT2D eigenvalue weighted by Crippen LogP contribution is 2.25. The van der Waals surface area contributed by atoms with Gasteiger partial charge in [0.15, 0.2) is 6.19 Å². The molecule has 2 fully saturated rings. The highest BCUT2D eigenvalue weighted by Gasteiger charge is 2.34. The van der Waals surface area contributed by atoms with E-state index in [0.29, 0.717) is 67.8 Å². The number of nitriles is 1. The Morgan fingerprint density at radius 1 is 1.17 bits per heavy atom. The second-order valence-corrected chi connectivity index (χ2v) is 10.4. The Morgan fingerprint density at radius 3 is 2.64 bits per heavy atom. The molecule has 1 unspecified atom stereocenters. The molecule has 2 aliphatic heterocycles. The summed E-state index contributed by atoms with van der Waals surface area (Å²) < 4.78 is 1.43. The first-order valence-corrected chi connectivity index (χ1v) is 13.0. The maximum Gasteiger partial charge on any atom is 0.261 e. The monoisotopic (exact) mass is 513 g/mol. The van der Waals surface area contributed by atoms with Crippen LogP contribution < -0.4 is 5.56 Å². The van der Waals surface area contributed by atoms with Gasteiger partial charge in [0.2, 0.25) is 5.91 Å². The largest absolute Gasteiger partial charge is 0.388 e. The fourth-order valence-corrected chi connectivity index (χ4v) is 5.29. The van der Waals surface area contributed by atoms with Crippen molar-refractivity contribution >= 4 is 34.2 Å². The van der Waals surface area contributed by atoms with E-state index in [2.05, 4.69) is 11.2 Å². The Bertz CT molecular complexity index is 1220. The maximum absolute atomic E-state index is 12.8. The number of carbonyl (C=O) groups excluding carboxylic acids is 2. The Morgan fingerprint density at radius 2 is 1.92 bits per heavy atom. The van der Waals surface area contributed by atoms with Crippen molar-refractivity contribution in [1.82, 2.24) is 19.4 Å². The summed E-state index contributed by atoms with van der Waals surface area (Å²) in [6.45, 7) is 2.21. The zero-order valence-electron chi connectivity index (χ0n) is 20.4. The lowest BCUT2D eigenvalue weighted by atomic mass is 9.91. The average molecular weight is 514 g/mol. The summed E-state index contributed by atoms with van der Waals surface area (Å²) in [7, 11) is 0. The van der Waals surface area contributed by atoms with Crippen LogP contribution in [0, 0.1) is 17.4 Å². The second kappa shape index (κ2) is 11.4. The molecular weight excluding hydrogens is 482 g/mol. The fraction of sp³-hybridized carbons (Fsp3) is 0.577. The van der Waals surface area contributed by atoms with Crippen LogP contribution in [0.25, 0.3) is 10.9 Å². The predicted octanol–water partition coefficient (Wildman–Crippen LogP) is 2.73. The van der Waals surface area contributed by atoms with Crippen LogP contribution in [0.5, 0.6) is 0 Å². The van der Waals surface area contributed by atoms with E-state index in [1.807, 2.05) is 0 Å². The molecule has 4 rings (SSSR count). The van der Waals surface area contributed by atoms with E-state index in [0.717, 1.165) is 25.7 Å². The second-order valence-electron chi connectivity index (χ2n) is 10.0. The molecule has 0 spiro atoms. The molecule has 9 nitrogen and oxygen atoms in total. The molecular formula is C26H32ClN5O4. The number of carbonyl (C=O) groups is 2. The van der Waals surface area contributed by atoms with Crippen LogP contribution in [0.4, 0.5) is 0 Å². The third-order valence-electron chi connectivity index (χ3n) is 7.40. The van der Waals surface area contributed by atoms with Crippen molar-refractivity contribution < 1.29 is 14.7 Å². The normalized spacial score (nSPS) is 19.4. The van der Waals surface area contributed by atoms with Crippen LogP contribution in [0.15, 0.2) is 29.3 Å². The number of rotatable bonds is 9. The molecule has 1 amide bonds. The molecule has 1 N–H and O–H groups in total. The number of fused-ring (bicyclic) bond motifs is 1. The maximum atomic E-state index is 12.8. The Labute approximate surface area is 215 Å². The predicted molar refractivity (Wildman–Crippen MR) is 135 cm³/mol. The molecule has 36 heavy (non-hydrogen) atoms. The number of amides is 1. The molecule has 0 radical (unpaired) electrons. The van der Waals surface area contributed by atoms with Crippen LogP contribution >= 0.6 is 11.6 Å². The minimum Gasteiger partial charge on any atom is -0.388 e. The van der Waals surface area contributed by atoms with Gasteiger partial charge in [0, 0.05) is 50.0 Å². The summed E-state index contributed by atoms with van der Waals surface area (Å²) in [4.78, 5) is 45.4. The van der Waals surface area contributed by atoms with E-state index in [1.165, 1.54) is 10.9 Å². The highest BCUT2D eigenvalue weighted by atomic mass is 35.5. The van der Waals surface area contributed by atoms with Gasteiger partial charge in [-0.15, -0.1) is 0 Å². The molecule has 2 aliphatic rings. The minimum absolute atomic E-state index is 0.0295. The zero-order valence-corrected chi connectivity index (χ0v) is 21.1. The van der Waals surface area contributed by atoms with Gasteiger partial charge in [0.05, 0.1) is 29.4 Å². The van der Waals surface area contributed by atoms with Gasteiger partial charge in [-0.1, -0.05) is 18.0 Å².